The standard InChI is InChI=1S/C16H26N4O4S/c21-25(22,20-8-12-24-13-9-20)15-2-3-16(18-14-15)17-4-1-5-19-6-10-23-11-7-19/h2-3,14H,1,4-13H2,(H,17,18)/p+2. The zero-order valence-electron chi connectivity index (χ0n) is 14.5. The molecular weight excluding hydrogens is 344 g/mol. The van der Waals surface area contributed by atoms with Crippen LogP contribution in [0.1, 0.15) is 6.42 Å². The maximum Gasteiger partial charge on any atom is 0.272 e. The molecular formula is C16H28N4O4S+2. The quantitative estimate of drug-likeness (QED) is 0.554. The Morgan fingerprint density at radius 2 is 1.84 bits per heavy atom. The number of anilines is 1. The van der Waals surface area contributed by atoms with Crippen LogP contribution in [-0.2, 0) is 19.5 Å². The van der Waals surface area contributed by atoms with Crippen molar-refractivity contribution < 1.29 is 27.8 Å². The van der Waals surface area contributed by atoms with E-state index in [-0.39, 0.29) is 4.90 Å². The summed E-state index contributed by atoms with van der Waals surface area (Å²) >= 11 is 0. The number of aromatic nitrogens is 1. The van der Waals surface area contributed by atoms with E-state index in [9.17, 15) is 8.42 Å². The smallest absolute Gasteiger partial charge is 0.272 e. The van der Waals surface area contributed by atoms with E-state index >= 15 is 0 Å². The number of hydrogen-bond acceptors (Lipinski definition) is 5. The maximum atomic E-state index is 12.6. The lowest BCUT2D eigenvalue weighted by Crippen LogP contribution is -3.14. The number of H-pyrrole nitrogens is 1. The summed E-state index contributed by atoms with van der Waals surface area (Å²) in [7, 11) is -3.44. The molecule has 0 unspecified atom stereocenters. The molecule has 0 spiro atoms. The van der Waals surface area contributed by atoms with Gasteiger partial charge in [0.25, 0.3) is 5.82 Å². The molecule has 0 aliphatic carbocycles. The van der Waals surface area contributed by atoms with Crippen LogP contribution in [0.5, 0.6) is 0 Å². The molecule has 3 rings (SSSR count). The summed E-state index contributed by atoms with van der Waals surface area (Å²) in [5, 5.41) is 3.31. The molecule has 3 heterocycles. The number of nitrogens with one attached hydrogen (secondary N) is 3. The molecule has 25 heavy (non-hydrogen) atoms. The number of rotatable bonds is 7. The van der Waals surface area contributed by atoms with Gasteiger partial charge < -0.3 is 14.4 Å². The van der Waals surface area contributed by atoms with Crippen molar-refractivity contribution in [1.82, 2.24) is 4.31 Å². The number of quaternary nitrogens is 1. The SMILES string of the molecule is O=S(=O)(c1ccc(NCCC[NH+]2CCOCC2)[nH+]c1)N1CCOCC1. The van der Waals surface area contributed by atoms with Crippen molar-refractivity contribution in [2.75, 3.05) is 71.0 Å². The fourth-order valence-electron chi connectivity index (χ4n) is 3.09. The molecule has 1 aromatic heterocycles. The van der Waals surface area contributed by atoms with Crippen LogP contribution in [0, 0.1) is 0 Å². The Balaban J connectivity index is 1.46. The number of hydrogen-bond donors (Lipinski definition) is 2. The van der Waals surface area contributed by atoms with E-state index in [0.717, 1.165) is 51.6 Å². The number of ether oxygens (including phenoxy) is 2. The van der Waals surface area contributed by atoms with Crippen molar-refractivity contribution in [2.45, 2.75) is 11.3 Å². The monoisotopic (exact) mass is 372 g/mol. The third kappa shape index (κ3) is 5.11. The highest BCUT2D eigenvalue weighted by molar-refractivity contribution is 7.89. The number of aromatic amines is 1. The van der Waals surface area contributed by atoms with Crippen LogP contribution in [0.3, 0.4) is 0 Å². The summed E-state index contributed by atoms with van der Waals surface area (Å²) in [6.45, 7) is 7.59. The fourth-order valence-corrected chi connectivity index (χ4v) is 4.46. The largest absolute Gasteiger partial charge is 0.379 e. The maximum absolute atomic E-state index is 12.6. The van der Waals surface area contributed by atoms with Gasteiger partial charge in [-0.1, -0.05) is 0 Å². The van der Waals surface area contributed by atoms with Gasteiger partial charge in [-0.05, 0) is 6.07 Å². The Labute approximate surface area is 149 Å². The van der Waals surface area contributed by atoms with Gasteiger partial charge in [0.1, 0.15) is 24.2 Å². The number of pyridine rings is 1. The van der Waals surface area contributed by atoms with Gasteiger partial charge in [-0.25, -0.2) is 13.4 Å². The van der Waals surface area contributed by atoms with Gasteiger partial charge in [0, 0.05) is 25.6 Å². The Morgan fingerprint density at radius 3 is 2.52 bits per heavy atom. The van der Waals surface area contributed by atoms with Crippen molar-refractivity contribution in [3.05, 3.63) is 18.3 Å². The molecule has 0 saturated carbocycles. The summed E-state index contributed by atoms with van der Waals surface area (Å²) in [6, 6.07) is 3.44. The molecule has 1 aromatic rings. The van der Waals surface area contributed by atoms with E-state index in [2.05, 4.69) is 10.3 Å². The lowest BCUT2D eigenvalue weighted by atomic mass is 10.3. The predicted octanol–water partition coefficient (Wildman–Crippen LogP) is -1.76. The van der Waals surface area contributed by atoms with Crippen LogP contribution in [-0.4, -0.2) is 78.4 Å². The molecule has 3 N–H and O–H groups in total. The van der Waals surface area contributed by atoms with Crippen molar-refractivity contribution in [3.8, 4) is 0 Å². The molecule has 9 heteroatoms. The third-order valence-electron chi connectivity index (χ3n) is 4.61. The highest BCUT2D eigenvalue weighted by atomic mass is 32.2. The van der Waals surface area contributed by atoms with Crippen LogP contribution < -0.4 is 15.2 Å². The molecule has 140 valence electrons. The normalized spacial score (nSPS) is 20.5. The molecule has 2 saturated heterocycles. The Hall–Kier alpha value is -1.26. The minimum Gasteiger partial charge on any atom is -0.379 e. The van der Waals surface area contributed by atoms with E-state index in [1.165, 1.54) is 4.31 Å². The second-order valence-corrected chi connectivity index (χ2v) is 8.29. The summed E-state index contributed by atoms with van der Waals surface area (Å²) in [6.07, 6.45) is 2.62. The molecule has 0 amide bonds. The van der Waals surface area contributed by atoms with Crippen LogP contribution in [0.25, 0.3) is 0 Å². The van der Waals surface area contributed by atoms with E-state index < -0.39 is 10.0 Å². The zero-order valence-corrected chi connectivity index (χ0v) is 15.3. The van der Waals surface area contributed by atoms with Gasteiger partial charge in [-0.3, -0.25) is 5.32 Å². The van der Waals surface area contributed by atoms with E-state index in [4.69, 9.17) is 9.47 Å². The molecule has 0 radical (unpaired) electrons. The van der Waals surface area contributed by atoms with Gasteiger partial charge in [0.15, 0.2) is 0 Å². The van der Waals surface area contributed by atoms with Gasteiger partial charge in [0.05, 0.1) is 39.5 Å². The minimum absolute atomic E-state index is 0.290. The summed E-state index contributed by atoms with van der Waals surface area (Å²) in [4.78, 5) is 4.92. The van der Waals surface area contributed by atoms with E-state index in [0.29, 0.717) is 26.3 Å². The Bertz CT molecular complexity index is 626. The topological polar surface area (TPSA) is 86.5 Å². The van der Waals surface area contributed by atoms with Crippen molar-refractivity contribution >= 4 is 15.8 Å². The average Bonchev–Trinajstić information content (AvgIpc) is 2.67. The van der Waals surface area contributed by atoms with Gasteiger partial charge >= 0.3 is 0 Å². The number of nitrogens with zero attached hydrogens (tertiary/aromatic N) is 1. The van der Waals surface area contributed by atoms with Gasteiger partial charge in [-0.2, -0.15) is 4.31 Å². The molecule has 2 aliphatic heterocycles. The zero-order chi connectivity index (χ0) is 17.5. The van der Waals surface area contributed by atoms with Crippen molar-refractivity contribution in [3.63, 3.8) is 0 Å². The van der Waals surface area contributed by atoms with Gasteiger partial charge in [0.2, 0.25) is 10.0 Å². The van der Waals surface area contributed by atoms with E-state index in [1.54, 1.807) is 23.2 Å². The Kier molecular flexibility index (Phi) is 6.60. The van der Waals surface area contributed by atoms with Crippen LogP contribution in [0.2, 0.25) is 0 Å². The average molecular weight is 372 g/mol. The lowest BCUT2D eigenvalue weighted by Gasteiger charge is -2.25. The first-order valence-corrected chi connectivity index (χ1v) is 10.3. The van der Waals surface area contributed by atoms with Crippen LogP contribution >= 0.6 is 0 Å². The minimum atomic E-state index is -3.44. The number of morpholine rings is 2. The first-order chi connectivity index (χ1) is 12.2. The first-order valence-electron chi connectivity index (χ1n) is 8.91. The van der Waals surface area contributed by atoms with E-state index in [1.807, 2.05) is 0 Å². The van der Waals surface area contributed by atoms with Gasteiger partial charge in [-0.15, -0.1) is 0 Å². The summed E-state index contributed by atoms with van der Waals surface area (Å²) < 4.78 is 37.1. The molecule has 0 bridgehead atoms. The molecule has 0 atom stereocenters. The lowest BCUT2D eigenvalue weighted by molar-refractivity contribution is -0.908. The molecule has 0 aromatic carbocycles. The molecule has 8 nitrogen and oxygen atoms in total. The highest BCUT2D eigenvalue weighted by Gasteiger charge is 2.27. The van der Waals surface area contributed by atoms with Crippen LogP contribution in [0.4, 0.5) is 5.82 Å². The third-order valence-corrected chi connectivity index (χ3v) is 6.51. The number of sulfonamides is 1. The summed E-state index contributed by atoms with van der Waals surface area (Å²) in [5.74, 6) is 0.831. The first kappa shape index (κ1) is 18.5. The predicted molar refractivity (Wildman–Crippen MR) is 92.1 cm³/mol. The Morgan fingerprint density at radius 1 is 1.12 bits per heavy atom. The molecule has 2 fully saturated rings. The highest BCUT2D eigenvalue weighted by Crippen LogP contribution is 2.15. The second-order valence-electron chi connectivity index (χ2n) is 6.35. The second kappa shape index (κ2) is 8.91. The van der Waals surface area contributed by atoms with Crippen molar-refractivity contribution in [1.29, 1.82) is 0 Å². The van der Waals surface area contributed by atoms with Crippen molar-refractivity contribution in [2.24, 2.45) is 0 Å². The summed E-state index contributed by atoms with van der Waals surface area (Å²) in [5.41, 5.74) is 0. The van der Waals surface area contributed by atoms with Crippen LogP contribution in [0.15, 0.2) is 23.2 Å². The fraction of sp³-hybridized carbons (Fsp3) is 0.688. The molecule has 2 aliphatic rings.